The summed E-state index contributed by atoms with van der Waals surface area (Å²) in [5, 5.41) is 22.1. The van der Waals surface area contributed by atoms with Gasteiger partial charge in [-0.05, 0) is 25.1 Å². The third-order valence-electron chi connectivity index (χ3n) is 1.98. The van der Waals surface area contributed by atoms with Gasteiger partial charge in [-0.15, -0.1) is 0 Å². The van der Waals surface area contributed by atoms with Crippen LogP contribution >= 0.6 is 0 Å². The van der Waals surface area contributed by atoms with E-state index in [9.17, 15) is 0 Å². The van der Waals surface area contributed by atoms with Crippen LogP contribution in [-0.2, 0) is 0 Å². The Balaban J connectivity index is 2.41. The van der Waals surface area contributed by atoms with E-state index >= 15 is 0 Å². The first-order chi connectivity index (χ1) is 7.16. The van der Waals surface area contributed by atoms with Gasteiger partial charge >= 0.3 is 7.12 Å². The van der Waals surface area contributed by atoms with Gasteiger partial charge in [0, 0.05) is 6.20 Å². The molecule has 76 valence electrons. The number of rotatable bonds is 2. The van der Waals surface area contributed by atoms with Gasteiger partial charge in [0.05, 0.1) is 11.3 Å². The zero-order valence-electron chi connectivity index (χ0n) is 8.20. The van der Waals surface area contributed by atoms with Gasteiger partial charge in [0.1, 0.15) is 0 Å². The molecule has 15 heavy (non-hydrogen) atoms. The van der Waals surface area contributed by atoms with Crippen molar-refractivity contribution in [3.05, 3.63) is 36.2 Å². The van der Waals surface area contributed by atoms with E-state index in [2.05, 4.69) is 10.1 Å². The lowest BCUT2D eigenvalue weighted by Crippen LogP contribution is -2.33. The van der Waals surface area contributed by atoms with E-state index in [1.165, 1.54) is 0 Å². The number of aromatic nitrogens is 3. The van der Waals surface area contributed by atoms with E-state index < -0.39 is 7.12 Å². The van der Waals surface area contributed by atoms with Gasteiger partial charge in [0.15, 0.2) is 5.82 Å². The fraction of sp³-hybridized carbons (Fsp3) is 0.111. The van der Waals surface area contributed by atoms with E-state index in [0.29, 0.717) is 5.82 Å². The van der Waals surface area contributed by atoms with Crippen LogP contribution in [0.25, 0.3) is 5.82 Å². The van der Waals surface area contributed by atoms with Crippen molar-refractivity contribution in [2.45, 2.75) is 6.92 Å². The predicted molar refractivity (Wildman–Crippen MR) is 55.9 cm³/mol. The second-order valence-electron chi connectivity index (χ2n) is 3.20. The monoisotopic (exact) mass is 203 g/mol. The molecular weight excluding hydrogens is 193 g/mol. The van der Waals surface area contributed by atoms with Crippen LogP contribution in [0.3, 0.4) is 0 Å². The standard InChI is InChI=1S/C9H10BN3O2/c1-7-5-6-13(12-7)9-4-2-3-8(11-9)10(14)15/h2-6,14-15H,1H3. The first-order valence-electron chi connectivity index (χ1n) is 4.52. The fourth-order valence-corrected chi connectivity index (χ4v) is 1.25. The Morgan fingerprint density at radius 1 is 1.27 bits per heavy atom. The minimum atomic E-state index is -1.55. The van der Waals surface area contributed by atoms with Gasteiger partial charge in [0.25, 0.3) is 0 Å². The van der Waals surface area contributed by atoms with Crippen molar-refractivity contribution in [3.8, 4) is 5.82 Å². The van der Waals surface area contributed by atoms with Crippen LogP contribution in [0.5, 0.6) is 0 Å². The lowest BCUT2D eigenvalue weighted by Gasteiger charge is -2.03. The number of hydrogen-bond acceptors (Lipinski definition) is 4. The smallest absolute Gasteiger partial charge is 0.422 e. The lowest BCUT2D eigenvalue weighted by molar-refractivity contribution is 0.424. The maximum absolute atomic E-state index is 8.96. The highest BCUT2D eigenvalue weighted by molar-refractivity contribution is 6.57. The first kappa shape index (κ1) is 9.88. The van der Waals surface area contributed by atoms with Crippen molar-refractivity contribution in [2.75, 3.05) is 0 Å². The zero-order chi connectivity index (χ0) is 10.8. The predicted octanol–water partition coefficient (Wildman–Crippen LogP) is -0.744. The molecule has 2 aromatic rings. The molecular formula is C9H10BN3O2. The van der Waals surface area contributed by atoms with Crippen LogP contribution in [0, 0.1) is 6.92 Å². The summed E-state index contributed by atoms with van der Waals surface area (Å²) in [5.74, 6) is 0.564. The third-order valence-corrected chi connectivity index (χ3v) is 1.98. The maximum atomic E-state index is 8.96. The Morgan fingerprint density at radius 3 is 2.67 bits per heavy atom. The highest BCUT2D eigenvalue weighted by atomic mass is 16.4. The molecule has 6 heteroatoms. The molecule has 0 aliphatic rings. The molecule has 2 rings (SSSR count). The van der Waals surface area contributed by atoms with Crippen LogP contribution in [0.15, 0.2) is 30.5 Å². The van der Waals surface area contributed by atoms with Crippen molar-refractivity contribution in [1.29, 1.82) is 0 Å². The highest BCUT2D eigenvalue weighted by Gasteiger charge is 2.13. The molecule has 0 aliphatic heterocycles. The molecule has 0 amide bonds. The Kier molecular flexibility index (Phi) is 2.53. The summed E-state index contributed by atoms with van der Waals surface area (Å²) in [6.45, 7) is 1.88. The molecule has 0 saturated heterocycles. The minimum absolute atomic E-state index is 0.209. The SMILES string of the molecule is Cc1ccn(-c2cccc(B(O)O)n2)n1. The lowest BCUT2D eigenvalue weighted by atomic mass is 9.86. The molecule has 2 N–H and O–H groups in total. The minimum Gasteiger partial charge on any atom is -0.422 e. The van der Waals surface area contributed by atoms with Gasteiger partial charge in [0.2, 0.25) is 0 Å². The van der Waals surface area contributed by atoms with Crippen molar-refractivity contribution >= 4 is 12.7 Å². The van der Waals surface area contributed by atoms with Crippen molar-refractivity contribution in [1.82, 2.24) is 14.8 Å². The summed E-state index contributed by atoms with van der Waals surface area (Å²) in [4.78, 5) is 4.06. The summed E-state index contributed by atoms with van der Waals surface area (Å²) in [6, 6.07) is 6.85. The van der Waals surface area contributed by atoms with Crippen molar-refractivity contribution in [3.63, 3.8) is 0 Å². The second kappa shape index (κ2) is 3.84. The summed E-state index contributed by atoms with van der Waals surface area (Å²) >= 11 is 0. The molecule has 0 saturated carbocycles. The average Bonchev–Trinajstić information content (AvgIpc) is 2.65. The van der Waals surface area contributed by atoms with Gasteiger partial charge in [-0.25, -0.2) is 9.67 Å². The topological polar surface area (TPSA) is 71.2 Å². The van der Waals surface area contributed by atoms with Crippen molar-refractivity contribution < 1.29 is 10.0 Å². The quantitative estimate of drug-likeness (QED) is 0.630. The van der Waals surface area contributed by atoms with Gasteiger partial charge in [-0.1, -0.05) is 6.07 Å². The largest absolute Gasteiger partial charge is 0.508 e. The molecule has 0 spiro atoms. The zero-order valence-corrected chi connectivity index (χ0v) is 8.20. The van der Waals surface area contributed by atoms with Gasteiger partial charge in [-0.2, -0.15) is 5.10 Å². The molecule has 0 atom stereocenters. The third kappa shape index (κ3) is 2.06. The fourth-order valence-electron chi connectivity index (χ4n) is 1.25. The van der Waals surface area contributed by atoms with E-state index in [1.54, 1.807) is 29.1 Å². The number of nitrogens with zero attached hydrogens (tertiary/aromatic N) is 3. The Bertz CT molecular complexity index is 470. The molecule has 0 bridgehead atoms. The number of pyridine rings is 1. The highest BCUT2D eigenvalue weighted by Crippen LogP contribution is 2.01. The Labute approximate surface area is 87.2 Å². The molecule has 5 nitrogen and oxygen atoms in total. The maximum Gasteiger partial charge on any atom is 0.508 e. The molecule has 0 fully saturated rings. The molecule has 0 radical (unpaired) electrons. The van der Waals surface area contributed by atoms with Crippen LogP contribution in [-0.4, -0.2) is 31.9 Å². The van der Waals surface area contributed by atoms with E-state index in [-0.39, 0.29) is 5.59 Å². The second-order valence-corrected chi connectivity index (χ2v) is 3.20. The molecule has 0 aliphatic carbocycles. The summed E-state index contributed by atoms with van der Waals surface area (Å²) in [5.41, 5.74) is 1.09. The summed E-state index contributed by atoms with van der Waals surface area (Å²) in [6.07, 6.45) is 1.77. The van der Waals surface area contributed by atoms with Crippen LogP contribution in [0.2, 0.25) is 0 Å². The number of hydrogen-bond donors (Lipinski definition) is 2. The molecule has 0 aromatic carbocycles. The molecule has 2 heterocycles. The molecule has 0 unspecified atom stereocenters. The van der Waals surface area contributed by atoms with Gasteiger partial charge in [-0.3, -0.25) is 0 Å². The van der Waals surface area contributed by atoms with E-state index in [1.807, 2.05) is 13.0 Å². The summed E-state index contributed by atoms with van der Waals surface area (Å²) < 4.78 is 1.58. The molecule has 2 aromatic heterocycles. The van der Waals surface area contributed by atoms with Gasteiger partial charge < -0.3 is 10.0 Å². The van der Waals surface area contributed by atoms with Crippen LogP contribution in [0.4, 0.5) is 0 Å². The van der Waals surface area contributed by atoms with Crippen molar-refractivity contribution in [2.24, 2.45) is 0 Å². The van der Waals surface area contributed by atoms with E-state index in [4.69, 9.17) is 10.0 Å². The number of aryl methyl sites for hydroxylation is 1. The van der Waals surface area contributed by atoms with E-state index in [0.717, 1.165) is 5.69 Å². The first-order valence-corrected chi connectivity index (χ1v) is 4.52. The van der Waals surface area contributed by atoms with Crippen LogP contribution in [0.1, 0.15) is 5.69 Å². The summed E-state index contributed by atoms with van der Waals surface area (Å²) in [7, 11) is -1.55. The Morgan fingerprint density at radius 2 is 2.07 bits per heavy atom. The Hall–Kier alpha value is -1.66. The normalized spacial score (nSPS) is 10.3. The average molecular weight is 203 g/mol. The van der Waals surface area contributed by atoms with Crippen LogP contribution < -0.4 is 5.59 Å².